The van der Waals surface area contributed by atoms with Gasteiger partial charge in [-0.15, -0.1) is 0 Å². The van der Waals surface area contributed by atoms with Crippen molar-refractivity contribution < 1.29 is 9.53 Å². The van der Waals surface area contributed by atoms with Crippen LogP contribution in [0.25, 0.3) is 6.08 Å². The molecular formula is C14H16N2O2S2. The summed E-state index contributed by atoms with van der Waals surface area (Å²) in [6, 6.07) is 5.92. The van der Waals surface area contributed by atoms with Gasteiger partial charge >= 0.3 is 0 Å². The highest BCUT2D eigenvalue weighted by Crippen LogP contribution is 2.32. The first-order valence-corrected chi connectivity index (χ1v) is 7.53. The number of nitrogens with zero attached hydrogens (tertiary/aromatic N) is 1. The summed E-state index contributed by atoms with van der Waals surface area (Å²) >= 11 is 6.04. The molecule has 1 aromatic rings. The SMILES string of the molecule is CNC(=O)/C(=C/c1ccc2c(c1)OCCN2C)SC=S. The second-order valence-electron chi connectivity index (χ2n) is 4.30. The Morgan fingerprint density at radius 1 is 1.55 bits per heavy atom. The molecule has 1 aliphatic heterocycles. The zero-order chi connectivity index (χ0) is 14.5. The third kappa shape index (κ3) is 3.32. The average Bonchev–Trinajstić information content (AvgIpc) is 2.46. The maximum absolute atomic E-state index is 11.7. The minimum atomic E-state index is -0.146. The van der Waals surface area contributed by atoms with Gasteiger partial charge in [0.2, 0.25) is 0 Å². The molecule has 1 aliphatic rings. The molecule has 106 valence electrons. The molecule has 6 heteroatoms. The number of fused-ring (bicyclic) bond motifs is 1. The van der Waals surface area contributed by atoms with Crippen molar-refractivity contribution in [2.75, 3.05) is 32.1 Å². The molecule has 0 aliphatic carbocycles. The van der Waals surface area contributed by atoms with Gasteiger partial charge in [0, 0.05) is 18.8 Å². The number of likely N-dealkylation sites (N-methyl/N-ethyl adjacent to an activating group) is 2. The smallest absolute Gasteiger partial charge is 0.257 e. The van der Waals surface area contributed by atoms with Crippen LogP contribution < -0.4 is 15.0 Å². The van der Waals surface area contributed by atoms with Crippen LogP contribution in [0.2, 0.25) is 0 Å². The molecule has 0 spiro atoms. The van der Waals surface area contributed by atoms with Crippen LogP contribution in [0.15, 0.2) is 23.1 Å². The number of thiocarbonyl (C=S) groups is 1. The molecule has 1 N–H and O–H groups in total. The first kappa shape index (κ1) is 14.9. The summed E-state index contributed by atoms with van der Waals surface area (Å²) in [4.78, 5) is 14.5. The third-order valence-corrected chi connectivity index (χ3v) is 3.95. The van der Waals surface area contributed by atoms with E-state index in [1.807, 2.05) is 31.3 Å². The number of anilines is 1. The molecule has 1 heterocycles. The van der Waals surface area contributed by atoms with Crippen LogP contribution in [0, 0.1) is 0 Å². The fraction of sp³-hybridized carbons (Fsp3) is 0.286. The number of hydrogen-bond donors (Lipinski definition) is 1. The predicted molar refractivity (Wildman–Crippen MR) is 88.5 cm³/mol. The van der Waals surface area contributed by atoms with E-state index in [2.05, 4.69) is 10.2 Å². The van der Waals surface area contributed by atoms with Gasteiger partial charge in [-0.25, -0.2) is 0 Å². The van der Waals surface area contributed by atoms with Crippen LogP contribution in [0.1, 0.15) is 5.56 Å². The molecule has 2 rings (SSSR count). The van der Waals surface area contributed by atoms with Crippen molar-refractivity contribution in [1.29, 1.82) is 0 Å². The highest BCUT2D eigenvalue weighted by molar-refractivity contribution is 8.24. The molecule has 4 nitrogen and oxygen atoms in total. The lowest BCUT2D eigenvalue weighted by Gasteiger charge is -2.27. The van der Waals surface area contributed by atoms with Crippen LogP contribution in [0.4, 0.5) is 5.69 Å². The molecule has 0 aromatic heterocycles. The minimum absolute atomic E-state index is 0.146. The minimum Gasteiger partial charge on any atom is -0.490 e. The summed E-state index contributed by atoms with van der Waals surface area (Å²) in [7, 11) is 3.64. The molecule has 0 unspecified atom stereocenters. The van der Waals surface area contributed by atoms with E-state index in [1.54, 1.807) is 7.05 Å². The lowest BCUT2D eigenvalue weighted by molar-refractivity contribution is -0.116. The van der Waals surface area contributed by atoms with Gasteiger partial charge in [-0.3, -0.25) is 4.79 Å². The van der Waals surface area contributed by atoms with E-state index >= 15 is 0 Å². The van der Waals surface area contributed by atoms with Gasteiger partial charge < -0.3 is 15.0 Å². The molecule has 0 atom stereocenters. The van der Waals surface area contributed by atoms with Crippen LogP contribution in [0.5, 0.6) is 5.75 Å². The molecule has 0 fully saturated rings. The highest BCUT2D eigenvalue weighted by Gasteiger charge is 2.15. The molecule has 1 aromatic carbocycles. The summed E-state index contributed by atoms with van der Waals surface area (Å²) in [5, 5.41) is 2.61. The number of carbonyl (C=O) groups excluding carboxylic acids is 1. The topological polar surface area (TPSA) is 41.6 Å². The van der Waals surface area contributed by atoms with Gasteiger partial charge in [0.25, 0.3) is 5.91 Å². The van der Waals surface area contributed by atoms with Gasteiger partial charge in [0.15, 0.2) is 0 Å². The average molecular weight is 308 g/mol. The van der Waals surface area contributed by atoms with Crippen molar-refractivity contribution in [3.8, 4) is 5.75 Å². The van der Waals surface area contributed by atoms with Crippen LogP contribution in [-0.2, 0) is 4.79 Å². The number of hydrogen-bond acceptors (Lipinski definition) is 5. The van der Waals surface area contributed by atoms with E-state index in [9.17, 15) is 4.79 Å². The Kier molecular flexibility index (Phi) is 5.03. The summed E-state index contributed by atoms with van der Waals surface area (Å²) in [5.74, 6) is 0.697. The second-order valence-corrected chi connectivity index (χ2v) is 5.74. The van der Waals surface area contributed by atoms with E-state index in [0.717, 1.165) is 23.5 Å². The van der Waals surface area contributed by atoms with Gasteiger partial charge in [0.1, 0.15) is 12.4 Å². The molecular weight excluding hydrogens is 292 g/mol. The number of amides is 1. The second kappa shape index (κ2) is 6.76. The van der Waals surface area contributed by atoms with E-state index in [1.165, 1.54) is 16.5 Å². The van der Waals surface area contributed by atoms with Gasteiger partial charge in [0.05, 0.1) is 17.1 Å². The van der Waals surface area contributed by atoms with Gasteiger partial charge in [-0.05, 0) is 23.8 Å². The van der Waals surface area contributed by atoms with E-state index < -0.39 is 0 Å². The monoisotopic (exact) mass is 308 g/mol. The van der Waals surface area contributed by atoms with Gasteiger partial charge in [-0.1, -0.05) is 30.0 Å². The fourth-order valence-corrected chi connectivity index (χ4v) is 2.77. The molecule has 1 amide bonds. The van der Waals surface area contributed by atoms with E-state index in [4.69, 9.17) is 17.0 Å². The zero-order valence-electron chi connectivity index (χ0n) is 11.4. The first-order chi connectivity index (χ1) is 9.65. The standard InChI is InChI=1S/C14H16N2O2S2/c1-15-14(17)13(20-9-19)8-10-3-4-11-12(7-10)18-6-5-16(11)2/h3-4,7-9H,5-6H2,1-2H3,(H,15,17)/b13-8-. The molecule has 0 saturated carbocycles. The Balaban J connectivity index is 2.32. The zero-order valence-corrected chi connectivity index (χ0v) is 13.0. The Labute approximate surface area is 128 Å². The van der Waals surface area contributed by atoms with Crippen molar-refractivity contribution >= 4 is 46.3 Å². The summed E-state index contributed by atoms with van der Waals surface area (Å²) in [6.45, 7) is 1.56. The number of carbonyl (C=O) groups is 1. The molecule has 0 radical (unpaired) electrons. The van der Waals surface area contributed by atoms with E-state index in [0.29, 0.717) is 11.5 Å². The van der Waals surface area contributed by atoms with Crippen molar-refractivity contribution in [1.82, 2.24) is 5.32 Å². The number of thioether (sulfide) groups is 1. The Morgan fingerprint density at radius 2 is 2.35 bits per heavy atom. The van der Waals surface area contributed by atoms with E-state index in [-0.39, 0.29) is 5.91 Å². The fourth-order valence-electron chi connectivity index (χ4n) is 1.94. The molecule has 20 heavy (non-hydrogen) atoms. The summed E-state index contributed by atoms with van der Waals surface area (Å²) < 4.78 is 7.13. The van der Waals surface area contributed by atoms with Crippen molar-refractivity contribution in [2.24, 2.45) is 0 Å². The lowest BCUT2D eigenvalue weighted by atomic mass is 10.1. The molecule has 0 saturated heterocycles. The summed E-state index contributed by atoms with van der Waals surface area (Å²) in [5.41, 5.74) is 1.99. The number of nitrogens with one attached hydrogen (secondary N) is 1. The normalized spacial score (nSPS) is 14.3. The van der Waals surface area contributed by atoms with Crippen LogP contribution >= 0.6 is 24.0 Å². The number of ether oxygens (including phenoxy) is 1. The summed E-state index contributed by atoms with van der Waals surface area (Å²) in [6.07, 6.45) is 1.81. The van der Waals surface area contributed by atoms with Crippen molar-refractivity contribution in [3.63, 3.8) is 0 Å². The van der Waals surface area contributed by atoms with Crippen molar-refractivity contribution in [3.05, 3.63) is 28.7 Å². The largest absolute Gasteiger partial charge is 0.490 e. The maximum atomic E-state index is 11.7. The lowest BCUT2D eigenvalue weighted by Crippen LogP contribution is -2.28. The maximum Gasteiger partial charge on any atom is 0.257 e. The van der Waals surface area contributed by atoms with Gasteiger partial charge in [-0.2, -0.15) is 0 Å². The quantitative estimate of drug-likeness (QED) is 0.683. The highest BCUT2D eigenvalue weighted by atomic mass is 32.2. The Morgan fingerprint density at radius 3 is 3.05 bits per heavy atom. The van der Waals surface area contributed by atoms with Crippen molar-refractivity contribution in [2.45, 2.75) is 0 Å². The van der Waals surface area contributed by atoms with Crippen LogP contribution in [-0.4, -0.2) is 37.9 Å². The Bertz CT molecular complexity index is 558. The Hall–Kier alpha value is -1.53. The third-order valence-electron chi connectivity index (χ3n) is 3.00. The number of benzene rings is 1. The van der Waals surface area contributed by atoms with Crippen LogP contribution in [0.3, 0.4) is 0 Å². The molecule has 0 bridgehead atoms. The predicted octanol–water partition coefficient (Wildman–Crippen LogP) is 2.29. The number of rotatable bonds is 4. The first-order valence-electron chi connectivity index (χ1n) is 6.17.